The molecule has 0 aliphatic carbocycles. The van der Waals surface area contributed by atoms with Gasteiger partial charge in [-0.1, -0.05) is 56.3 Å². The maximum absolute atomic E-state index is 13.8. The molecular weight excluding hydrogens is 558 g/mol. The first-order chi connectivity index (χ1) is 20.7. The minimum atomic E-state index is -0.941. The first-order valence-electron chi connectivity index (χ1n) is 15.6. The molecule has 0 spiro atoms. The minimum Gasteiger partial charge on any atom is -0.392 e. The van der Waals surface area contributed by atoms with Crippen molar-refractivity contribution < 1.29 is 19.5 Å². The molecule has 0 saturated carbocycles. The highest BCUT2D eigenvalue weighted by molar-refractivity contribution is 7.09. The summed E-state index contributed by atoms with van der Waals surface area (Å²) in [7, 11) is 0. The number of carbonyl (C=O) groups excluding carboxylic acids is 3. The molecular formula is C35H43N3O4S. The van der Waals surface area contributed by atoms with Crippen LogP contribution in [0.3, 0.4) is 0 Å². The molecule has 3 aromatic rings. The van der Waals surface area contributed by atoms with Crippen LogP contribution >= 0.6 is 11.3 Å². The molecule has 3 heterocycles. The largest absolute Gasteiger partial charge is 0.392 e. The third-order valence-corrected chi connectivity index (χ3v) is 9.77. The van der Waals surface area contributed by atoms with Crippen LogP contribution in [0, 0.1) is 24.7 Å². The van der Waals surface area contributed by atoms with Crippen molar-refractivity contribution in [1.29, 1.82) is 0 Å². The number of ketones is 1. The molecule has 1 unspecified atom stereocenters. The van der Waals surface area contributed by atoms with E-state index in [1.807, 2.05) is 52.4 Å². The topological polar surface area (TPSA) is 90.8 Å². The molecule has 2 fully saturated rings. The van der Waals surface area contributed by atoms with Gasteiger partial charge in [0, 0.05) is 48.3 Å². The van der Waals surface area contributed by atoms with E-state index in [-0.39, 0.29) is 30.1 Å². The fourth-order valence-electron chi connectivity index (χ4n) is 6.61. The number of aliphatic hydroxyl groups excluding tert-OH is 1. The lowest BCUT2D eigenvalue weighted by Crippen LogP contribution is -2.49. The molecule has 1 aromatic heterocycles. The number of likely N-dealkylation sites (tertiary alicyclic amines) is 2. The maximum atomic E-state index is 13.8. The van der Waals surface area contributed by atoms with Crippen molar-refractivity contribution in [3.63, 3.8) is 0 Å². The zero-order valence-corrected chi connectivity index (χ0v) is 26.3. The molecule has 2 amide bonds. The van der Waals surface area contributed by atoms with Gasteiger partial charge in [-0.2, -0.15) is 0 Å². The van der Waals surface area contributed by atoms with Crippen LogP contribution in [0.5, 0.6) is 0 Å². The van der Waals surface area contributed by atoms with E-state index in [0.717, 1.165) is 35.5 Å². The van der Waals surface area contributed by atoms with Crippen molar-refractivity contribution in [2.45, 2.75) is 71.4 Å². The molecule has 228 valence electrons. The van der Waals surface area contributed by atoms with Gasteiger partial charge < -0.3 is 14.9 Å². The third-order valence-electron chi connectivity index (χ3n) is 8.71. The Morgan fingerprint density at radius 3 is 2.49 bits per heavy atom. The SMILES string of the molecule is Cc1csc(C2CCCN2C(=O)c2cccc(C(=O)C[C@@H](Cc3ccccc3)[C@H](O)[C@@H]3CCCN(CC(C)C)C3=O)c2)n1. The van der Waals surface area contributed by atoms with Gasteiger partial charge in [-0.05, 0) is 68.6 Å². The Bertz CT molecular complexity index is 1420. The van der Waals surface area contributed by atoms with Crippen molar-refractivity contribution in [3.8, 4) is 0 Å². The number of aryl methyl sites for hydroxylation is 1. The molecule has 7 nitrogen and oxygen atoms in total. The van der Waals surface area contributed by atoms with Crippen molar-refractivity contribution in [1.82, 2.24) is 14.8 Å². The molecule has 2 aromatic carbocycles. The second kappa shape index (κ2) is 14.0. The minimum absolute atomic E-state index is 0.0128. The molecule has 4 atom stereocenters. The van der Waals surface area contributed by atoms with Gasteiger partial charge in [-0.3, -0.25) is 14.4 Å². The number of hydrogen-bond donors (Lipinski definition) is 1. The van der Waals surface area contributed by atoms with E-state index >= 15 is 0 Å². The molecule has 2 saturated heterocycles. The summed E-state index contributed by atoms with van der Waals surface area (Å²) in [5, 5.41) is 14.6. The Hall–Kier alpha value is -3.36. The number of aromatic nitrogens is 1. The monoisotopic (exact) mass is 601 g/mol. The van der Waals surface area contributed by atoms with Gasteiger partial charge >= 0.3 is 0 Å². The number of Topliss-reactive ketones (excluding diaryl/α,β-unsaturated/α-hetero) is 1. The van der Waals surface area contributed by atoms with Gasteiger partial charge in [0.25, 0.3) is 5.91 Å². The second-order valence-corrected chi connectivity index (χ2v) is 13.4. The third kappa shape index (κ3) is 7.42. The lowest BCUT2D eigenvalue weighted by molar-refractivity contribution is -0.145. The number of piperidine rings is 1. The average molecular weight is 602 g/mol. The smallest absolute Gasteiger partial charge is 0.254 e. The van der Waals surface area contributed by atoms with Crippen LogP contribution in [0.1, 0.15) is 89.0 Å². The zero-order chi connectivity index (χ0) is 30.5. The Morgan fingerprint density at radius 1 is 1.02 bits per heavy atom. The van der Waals surface area contributed by atoms with E-state index in [0.29, 0.717) is 49.5 Å². The molecule has 2 aliphatic heterocycles. The van der Waals surface area contributed by atoms with Gasteiger partial charge in [-0.15, -0.1) is 11.3 Å². The summed E-state index contributed by atoms with van der Waals surface area (Å²) in [6.45, 7) is 8.19. The number of benzene rings is 2. The zero-order valence-electron chi connectivity index (χ0n) is 25.4. The Morgan fingerprint density at radius 2 is 1.77 bits per heavy atom. The van der Waals surface area contributed by atoms with E-state index in [2.05, 4.69) is 18.8 Å². The lowest BCUT2D eigenvalue weighted by Gasteiger charge is -2.37. The number of aliphatic hydroxyl groups is 1. The molecule has 8 heteroatoms. The molecule has 0 bridgehead atoms. The molecule has 1 N–H and O–H groups in total. The van der Waals surface area contributed by atoms with Crippen LogP contribution in [0.15, 0.2) is 60.0 Å². The average Bonchev–Trinajstić information content (AvgIpc) is 3.66. The lowest BCUT2D eigenvalue weighted by atomic mass is 9.79. The fraction of sp³-hybridized carbons (Fsp3) is 0.486. The van der Waals surface area contributed by atoms with E-state index in [9.17, 15) is 19.5 Å². The highest BCUT2D eigenvalue weighted by atomic mass is 32.1. The normalized spacial score (nSPS) is 20.4. The van der Waals surface area contributed by atoms with Gasteiger partial charge in [0.2, 0.25) is 5.91 Å². The number of amides is 2. The highest BCUT2D eigenvalue weighted by Gasteiger charge is 2.39. The van der Waals surface area contributed by atoms with Gasteiger partial charge in [0.15, 0.2) is 5.78 Å². The van der Waals surface area contributed by atoms with Crippen LogP contribution < -0.4 is 0 Å². The van der Waals surface area contributed by atoms with Gasteiger partial charge in [0.1, 0.15) is 5.01 Å². The number of nitrogens with zero attached hydrogens (tertiary/aromatic N) is 3. The van der Waals surface area contributed by atoms with Crippen LogP contribution in [0.25, 0.3) is 0 Å². The Labute approximate surface area is 258 Å². The Balaban J connectivity index is 1.34. The summed E-state index contributed by atoms with van der Waals surface area (Å²) in [4.78, 5) is 49.2. The number of rotatable bonds is 11. The van der Waals surface area contributed by atoms with Crippen molar-refractivity contribution in [2.75, 3.05) is 19.6 Å². The maximum Gasteiger partial charge on any atom is 0.254 e. The summed E-state index contributed by atoms with van der Waals surface area (Å²) < 4.78 is 0. The standard InChI is InChI=1S/C35H43N3O4S/c1-23(2)21-37-16-8-14-29(35(37)42)32(40)28(18-25-10-5-4-6-11-25)20-31(39)26-12-7-13-27(19-26)34(41)38-17-9-15-30(38)33-36-24(3)22-43-33/h4-7,10-13,19,22-23,28-30,32,40H,8-9,14-18,20-21H2,1-3H3/t28-,29+,30?,32+/m1/s1. The first-order valence-corrected chi connectivity index (χ1v) is 16.5. The quantitative estimate of drug-likeness (QED) is 0.268. The predicted octanol–water partition coefficient (Wildman–Crippen LogP) is 6.12. The summed E-state index contributed by atoms with van der Waals surface area (Å²) in [5.74, 6) is -0.851. The summed E-state index contributed by atoms with van der Waals surface area (Å²) in [6.07, 6.45) is 2.90. The van der Waals surface area contributed by atoms with E-state index in [1.165, 1.54) is 0 Å². The predicted molar refractivity (Wildman–Crippen MR) is 169 cm³/mol. The van der Waals surface area contributed by atoms with Crippen LogP contribution in [0.2, 0.25) is 0 Å². The number of carbonyl (C=O) groups is 3. The first kappa shape index (κ1) is 31.1. The Kier molecular flexibility index (Phi) is 10.1. The van der Waals surface area contributed by atoms with Crippen LogP contribution in [-0.4, -0.2) is 63.2 Å². The molecule has 0 radical (unpaired) electrons. The van der Waals surface area contributed by atoms with Crippen molar-refractivity contribution in [3.05, 3.63) is 87.4 Å². The molecule has 43 heavy (non-hydrogen) atoms. The van der Waals surface area contributed by atoms with E-state index in [1.54, 1.807) is 35.6 Å². The van der Waals surface area contributed by atoms with Gasteiger partial charge in [-0.25, -0.2) is 4.98 Å². The van der Waals surface area contributed by atoms with Crippen molar-refractivity contribution in [2.24, 2.45) is 17.8 Å². The summed E-state index contributed by atoms with van der Waals surface area (Å²) >= 11 is 1.59. The van der Waals surface area contributed by atoms with Crippen molar-refractivity contribution >= 4 is 28.9 Å². The van der Waals surface area contributed by atoms with Crippen LogP contribution in [-0.2, 0) is 11.2 Å². The van der Waals surface area contributed by atoms with Crippen LogP contribution in [0.4, 0.5) is 0 Å². The van der Waals surface area contributed by atoms with Gasteiger partial charge in [0.05, 0.1) is 18.1 Å². The number of thiazole rings is 1. The highest BCUT2D eigenvalue weighted by Crippen LogP contribution is 2.35. The van der Waals surface area contributed by atoms with E-state index < -0.39 is 17.9 Å². The number of hydrogen-bond acceptors (Lipinski definition) is 6. The second-order valence-electron chi connectivity index (χ2n) is 12.6. The molecule has 5 rings (SSSR count). The fourth-order valence-corrected chi connectivity index (χ4v) is 7.55. The summed E-state index contributed by atoms with van der Waals surface area (Å²) in [6, 6.07) is 16.7. The molecule has 2 aliphatic rings. The van der Waals surface area contributed by atoms with E-state index in [4.69, 9.17) is 0 Å². The summed E-state index contributed by atoms with van der Waals surface area (Å²) in [5.41, 5.74) is 2.91.